The van der Waals surface area contributed by atoms with Gasteiger partial charge in [0.05, 0.1) is 13.7 Å². The Balaban J connectivity index is 1.89. The molecule has 1 aliphatic heterocycles. The van der Waals surface area contributed by atoms with Crippen molar-refractivity contribution in [3.05, 3.63) is 28.7 Å². The zero-order valence-corrected chi connectivity index (χ0v) is 13.2. The fraction of sp³-hybridized carbons (Fsp3) is 0.600. The summed E-state index contributed by atoms with van der Waals surface area (Å²) < 4.78 is 12.7. The lowest BCUT2D eigenvalue weighted by atomic mass is 9.99. The highest BCUT2D eigenvalue weighted by atomic mass is 16.5. The number of aryl methyl sites for hydroxylation is 2. The summed E-state index contributed by atoms with van der Waals surface area (Å²) in [6, 6.07) is 2.05. The summed E-state index contributed by atoms with van der Waals surface area (Å²) in [7, 11) is 1.64. The van der Waals surface area contributed by atoms with Crippen LogP contribution in [-0.2, 0) is 11.3 Å². The van der Waals surface area contributed by atoms with Gasteiger partial charge >= 0.3 is 0 Å². The molecule has 0 unspecified atom stereocenters. The first-order valence-corrected chi connectivity index (χ1v) is 7.54. The van der Waals surface area contributed by atoms with Gasteiger partial charge in [0.25, 0.3) is 0 Å². The van der Waals surface area contributed by atoms with Gasteiger partial charge in [-0.25, -0.2) is 9.67 Å². The summed E-state index contributed by atoms with van der Waals surface area (Å²) >= 11 is 0. The Morgan fingerprint density at radius 2 is 2.09 bits per heavy atom. The number of hydrogen-bond donors (Lipinski definition) is 0. The molecule has 2 aromatic rings. The molecule has 1 saturated heterocycles. The lowest BCUT2D eigenvalue weighted by Gasteiger charge is -2.21. The maximum atomic E-state index is 5.43. The Morgan fingerprint density at radius 3 is 2.82 bits per heavy atom. The average Bonchev–Trinajstić information content (AvgIpc) is 2.98. The number of rotatable bonds is 4. The summed E-state index contributed by atoms with van der Waals surface area (Å²) in [5.74, 6) is 1.92. The molecule has 0 atom stereocenters. The van der Waals surface area contributed by atoms with E-state index in [0.717, 1.165) is 48.7 Å². The number of hydrogen-bond acceptors (Lipinski definition) is 6. The van der Waals surface area contributed by atoms with E-state index in [4.69, 9.17) is 9.47 Å². The minimum atomic E-state index is 0.355. The molecule has 7 heteroatoms. The van der Waals surface area contributed by atoms with Gasteiger partial charge in [0.1, 0.15) is 0 Å². The lowest BCUT2D eigenvalue weighted by Crippen LogP contribution is -2.19. The van der Waals surface area contributed by atoms with Crippen molar-refractivity contribution in [2.75, 3.05) is 20.3 Å². The molecule has 3 rings (SSSR count). The third-order valence-corrected chi connectivity index (χ3v) is 4.08. The summed E-state index contributed by atoms with van der Waals surface area (Å²) in [5, 5.41) is 12.2. The molecule has 0 amide bonds. The van der Waals surface area contributed by atoms with Crippen molar-refractivity contribution < 1.29 is 9.47 Å². The summed E-state index contributed by atoms with van der Waals surface area (Å²) in [5.41, 5.74) is 3.10. The molecule has 3 heterocycles. The van der Waals surface area contributed by atoms with Crippen LogP contribution in [0.4, 0.5) is 0 Å². The highest BCUT2D eigenvalue weighted by Gasteiger charge is 2.23. The van der Waals surface area contributed by atoms with Gasteiger partial charge < -0.3 is 9.47 Å². The summed E-state index contributed by atoms with van der Waals surface area (Å²) in [6.45, 7) is 6.13. The third kappa shape index (κ3) is 2.94. The molecule has 7 nitrogen and oxygen atoms in total. The molecule has 0 radical (unpaired) electrons. The Hall–Kier alpha value is -2.02. The Bertz CT molecular complexity index is 649. The van der Waals surface area contributed by atoms with Crippen LogP contribution in [0.25, 0.3) is 0 Å². The Labute approximate surface area is 129 Å². The molecule has 118 valence electrons. The molecule has 0 bridgehead atoms. The third-order valence-electron chi connectivity index (χ3n) is 4.08. The van der Waals surface area contributed by atoms with Crippen LogP contribution in [0.5, 0.6) is 5.88 Å². The van der Waals surface area contributed by atoms with Crippen molar-refractivity contribution in [1.29, 1.82) is 0 Å². The monoisotopic (exact) mass is 303 g/mol. The lowest BCUT2D eigenvalue weighted by molar-refractivity contribution is 0.0826. The molecular weight excluding hydrogens is 282 g/mol. The molecule has 1 aliphatic rings. The number of aromatic nitrogens is 5. The average molecular weight is 303 g/mol. The molecule has 0 N–H and O–H groups in total. The van der Waals surface area contributed by atoms with Crippen molar-refractivity contribution in [2.45, 2.75) is 39.2 Å². The van der Waals surface area contributed by atoms with Crippen LogP contribution in [0.3, 0.4) is 0 Å². The molecule has 0 aromatic carbocycles. The molecule has 0 saturated carbocycles. The van der Waals surface area contributed by atoms with Crippen molar-refractivity contribution in [1.82, 2.24) is 25.2 Å². The van der Waals surface area contributed by atoms with Gasteiger partial charge in [0.15, 0.2) is 5.82 Å². The van der Waals surface area contributed by atoms with E-state index in [1.165, 1.54) is 0 Å². The van der Waals surface area contributed by atoms with Gasteiger partial charge in [-0.2, -0.15) is 0 Å². The smallest absolute Gasteiger partial charge is 0.218 e. The van der Waals surface area contributed by atoms with E-state index in [2.05, 4.69) is 33.5 Å². The summed E-state index contributed by atoms with van der Waals surface area (Å²) in [4.78, 5) is 4.45. The van der Waals surface area contributed by atoms with Crippen LogP contribution >= 0.6 is 0 Å². The van der Waals surface area contributed by atoms with E-state index in [9.17, 15) is 0 Å². The predicted octanol–water partition coefficient (Wildman–Crippen LogP) is 1.64. The molecule has 1 fully saturated rings. The standard InChI is InChI=1S/C15H21N5O2/c1-10-8-11(2)16-15(21-3)13(10)9-20-14(17-18-19-20)12-4-6-22-7-5-12/h8,12H,4-7,9H2,1-3H3. The minimum absolute atomic E-state index is 0.355. The zero-order valence-electron chi connectivity index (χ0n) is 13.2. The second-order valence-electron chi connectivity index (χ2n) is 5.65. The Kier molecular flexibility index (Phi) is 4.33. The van der Waals surface area contributed by atoms with Crippen LogP contribution in [0, 0.1) is 13.8 Å². The van der Waals surface area contributed by atoms with E-state index >= 15 is 0 Å². The van der Waals surface area contributed by atoms with Gasteiger partial charge in [0.2, 0.25) is 5.88 Å². The Morgan fingerprint density at radius 1 is 1.32 bits per heavy atom. The molecular formula is C15H21N5O2. The first-order valence-electron chi connectivity index (χ1n) is 7.54. The van der Waals surface area contributed by atoms with Crippen molar-refractivity contribution in [3.8, 4) is 5.88 Å². The van der Waals surface area contributed by atoms with Crippen molar-refractivity contribution in [2.24, 2.45) is 0 Å². The zero-order chi connectivity index (χ0) is 15.5. The van der Waals surface area contributed by atoms with Gasteiger partial charge in [-0.3, -0.25) is 0 Å². The number of methoxy groups -OCH3 is 1. The van der Waals surface area contributed by atoms with E-state index in [0.29, 0.717) is 18.3 Å². The fourth-order valence-electron chi connectivity index (χ4n) is 2.91. The fourth-order valence-corrected chi connectivity index (χ4v) is 2.91. The van der Waals surface area contributed by atoms with Crippen LogP contribution < -0.4 is 4.74 Å². The van der Waals surface area contributed by atoms with Gasteiger partial charge in [-0.15, -0.1) is 5.10 Å². The van der Waals surface area contributed by atoms with Gasteiger partial charge in [-0.1, -0.05) is 0 Å². The topological polar surface area (TPSA) is 75.0 Å². The van der Waals surface area contributed by atoms with Crippen LogP contribution in [0.1, 0.15) is 41.4 Å². The van der Waals surface area contributed by atoms with Gasteiger partial charge in [0, 0.05) is 30.4 Å². The molecule has 0 spiro atoms. The molecule has 2 aromatic heterocycles. The normalized spacial score (nSPS) is 16.0. The first-order chi connectivity index (χ1) is 10.7. The van der Waals surface area contributed by atoms with Crippen LogP contribution in [0.2, 0.25) is 0 Å². The number of tetrazole rings is 1. The van der Waals surface area contributed by atoms with E-state index in [1.54, 1.807) is 7.11 Å². The molecule has 22 heavy (non-hydrogen) atoms. The van der Waals surface area contributed by atoms with E-state index < -0.39 is 0 Å². The number of nitrogens with zero attached hydrogens (tertiary/aromatic N) is 5. The van der Waals surface area contributed by atoms with E-state index in [1.807, 2.05) is 11.6 Å². The van der Waals surface area contributed by atoms with Crippen LogP contribution in [-0.4, -0.2) is 45.5 Å². The first kappa shape index (κ1) is 14.9. The molecule has 0 aliphatic carbocycles. The highest BCUT2D eigenvalue weighted by Crippen LogP contribution is 2.27. The maximum Gasteiger partial charge on any atom is 0.218 e. The van der Waals surface area contributed by atoms with Gasteiger partial charge in [-0.05, 0) is 48.7 Å². The second-order valence-corrected chi connectivity index (χ2v) is 5.65. The minimum Gasteiger partial charge on any atom is -0.481 e. The number of pyridine rings is 1. The van der Waals surface area contributed by atoms with Crippen molar-refractivity contribution in [3.63, 3.8) is 0 Å². The highest BCUT2D eigenvalue weighted by molar-refractivity contribution is 5.36. The number of ether oxygens (including phenoxy) is 2. The van der Waals surface area contributed by atoms with Crippen molar-refractivity contribution >= 4 is 0 Å². The predicted molar refractivity (Wildman–Crippen MR) is 80.0 cm³/mol. The largest absolute Gasteiger partial charge is 0.481 e. The maximum absolute atomic E-state index is 5.43. The second kappa shape index (κ2) is 6.39. The summed E-state index contributed by atoms with van der Waals surface area (Å²) in [6.07, 6.45) is 1.92. The SMILES string of the molecule is COc1nc(C)cc(C)c1Cn1nnnc1C1CCOCC1. The quantitative estimate of drug-likeness (QED) is 0.854. The van der Waals surface area contributed by atoms with Crippen LogP contribution in [0.15, 0.2) is 6.07 Å². The van der Waals surface area contributed by atoms with E-state index in [-0.39, 0.29) is 0 Å².